The van der Waals surface area contributed by atoms with Crippen LogP contribution in [-0.2, 0) is 0 Å². The molecule has 0 saturated heterocycles. The molecule has 1 unspecified atom stereocenters. The molecule has 0 amide bonds. The fourth-order valence-corrected chi connectivity index (χ4v) is 2.25. The van der Waals surface area contributed by atoms with Gasteiger partial charge in [-0.15, -0.1) is 0 Å². The number of hydrogen-bond donors (Lipinski definition) is 1. The van der Waals surface area contributed by atoms with E-state index in [0.717, 1.165) is 23.4 Å². The molecule has 3 rings (SSSR count). The molecule has 1 aliphatic heterocycles. The van der Waals surface area contributed by atoms with Gasteiger partial charge < -0.3 is 14.8 Å². The topological polar surface area (TPSA) is 54.3 Å². The zero-order valence-corrected chi connectivity index (χ0v) is 11.6. The van der Waals surface area contributed by atoms with Crippen molar-refractivity contribution in [3.05, 3.63) is 54.1 Å². The molecule has 1 atom stereocenters. The van der Waals surface area contributed by atoms with Crippen LogP contribution in [-0.4, -0.2) is 13.2 Å². The highest BCUT2D eigenvalue weighted by atomic mass is 16.5. The average molecular weight is 280 g/mol. The van der Waals surface area contributed by atoms with Gasteiger partial charge in [-0.25, -0.2) is 0 Å². The van der Waals surface area contributed by atoms with Crippen molar-refractivity contribution in [2.45, 2.75) is 12.5 Å². The second kappa shape index (κ2) is 6.19. The molecule has 0 radical (unpaired) electrons. The first-order valence-electron chi connectivity index (χ1n) is 6.97. The highest BCUT2D eigenvalue weighted by Crippen LogP contribution is 2.33. The van der Waals surface area contributed by atoms with Crippen LogP contribution < -0.4 is 14.8 Å². The Morgan fingerprint density at radius 3 is 2.52 bits per heavy atom. The van der Waals surface area contributed by atoms with Gasteiger partial charge in [-0.05, 0) is 29.8 Å². The number of benzene rings is 2. The summed E-state index contributed by atoms with van der Waals surface area (Å²) in [7, 11) is 0. The number of hydrogen-bond acceptors (Lipinski definition) is 4. The predicted molar refractivity (Wildman–Crippen MR) is 80.5 cm³/mol. The van der Waals surface area contributed by atoms with Crippen LogP contribution in [0.15, 0.2) is 48.5 Å². The molecule has 106 valence electrons. The van der Waals surface area contributed by atoms with Crippen LogP contribution in [0.1, 0.15) is 18.0 Å². The summed E-state index contributed by atoms with van der Waals surface area (Å²) in [5.41, 5.74) is 1.78. The molecular formula is C17H16N2O2. The fourth-order valence-electron chi connectivity index (χ4n) is 2.25. The van der Waals surface area contributed by atoms with Gasteiger partial charge in [0.2, 0.25) is 0 Å². The minimum absolute atomic E-state index is 0.426. The van der Waals surface area contributed by atoms with Gasteiger partial charge in [0.25, 0.3) is 0 Å². The van der Waals surface area contributed by atoms with Crippen molar-refractivity contribution < 1.29 is 9.47 Å². The summed E-state index contributed by atoms with van der Waals surface area (Å²) >= 11 is 0. The standard InChI is InChI=1S/C17H16N2O2/c18-12-15(19-14-5-2-1-3-6-14)13-7-8-16-17(11-13)21-10-4-9-20-16/h1-3,5-8,11,15,19H,4,9-10H2. The molecule has 0 bridgehead atoms. The maximum Gasteiger partial charge on any atom is 0.161 e. The van der Waals surface area contributed by atoms with E-state index < -0.39 is 6.04 Å². The number of nitrogens with one attached hydrogen (secondary N) is 1. The summed E-state index contributed by atoms with van der Waals surface area (Å²) in [5.74, 6) is 1.45. The molecule has 21 heavy (non-hydrogen) atoms. The average Bonchev–Trinajstić information content (AvgIpc) is 2.78. The molecule has 4 nitrogen and oxygen atoms in total. The van der Waals surface area contributed by atoms with Gasteiger partial charge in [-0.1, -0.05) is 24.3 Å². The maximum absolute atomic E-state index is 9.42. The van der Waals surface area contributed by atoms with Crippen LogP contribution in [0.2, 0.25) is 0 Å². The fraction of sp³-hybridized carbons (Fsp3) is 0.235. The SMILES string of the molecule is N#CC(Nc1ccccc1)c1ccc2c(c1)OCCCO2. The Labute approximate surface area is 123 Å². The summed E-state index contributed by atoms with van der Waals surface area (Å²) in [4.78, 5) is 0. The first-order valence-corrected chi connectivity index (χ1v) is 6.97. The Morgan fingerprint density at radius 2 is 1.76 bits per heavy atom. The molecule has 4 heteroatoms. The van der Waals surface area contributed by atoms with E-state index in [-0.39, 0.29) is 0 Å². The van der Waals surface area contributed by atoms with Gasteiger partial charge >= 0.3 is 0 Å². The normalized spacial score (nSPS) is 14.6. The highest BCUT2D eigenvalue weighted by molar-refractivity contribution is 5.50. The van der Waals surface area contributed by atoms with Crippen LogP contribution in [0, 0.1) is 11.3 Å². The van der Waals surface area contributed by atoms with E-state index in [1.54, 1.807) is 0 Å². The van der Waals surface area contributed by atoms with Crippen LogP contribution in [0.25, 0.3) is 0 Å². The van der Waals surface area contributed by atoms with Crippen LogP contribution in [0.5, 0.6) is 11.5 Å². The second-order valence-corrected chi connectivity index (χ2v) is 4.83. The number of nitriles is 1. The van der Waals surface area contributed by atoms with Crippen molar-refractivity contribution in [2.75, 3.05) is 18.5 Å². The largest absolute Gasteiger partial charge is 0.490 e. The minimum atomic E-state index is -0.426. The van der Waals surface area contributed by atoms with Crippen molar-refractivity contribution in [2.24, 2.45) is 0 Å². The molecule has 0 aliphatic carbocycles. The van der Waals surface area contributed by atoms with E-state index in [2.05, 4.69) is 11.4 Å². The number of rotatable bonds is 3. The smallest absolute Gasteiger partial charge is 0.161 e. The molecule has 1 heterocycles. The van der Waals surface area contributed by atoms with Gasteiger partial charge in [0.15, 0.2) is 11.5 Å². The lowest BCUT2D eigenvalue weighted by atomic mass is 10.1. The Balaban J connectivity index is 1.84. The van der Waals surface area contributed by atoms with Crippen molar-refractivity contribution in [1.82, 2.24) is 0 Å². The van der Waals surface area contributed by atoms with E-state index in [0.29, 0.717) is 19.0 Å². The Bertz CT molecular complexity index is 650. The van der Waals surface area contributed by atoms with Gasteiger partial charge in [0, 0.05) is 12.1 Å². The van der Waals surface area contributed by atoms with Crippen LogP contribution in [0.3, 0.4) is 0 Å². The molecular weight excluding hydrogens is 264 g/mol. The molecule has 2 aromatic rings. The van der Waals surface area contributed by atoms with Gasteiger partial charge in [-0.3, -0.25) is 0 Å². The van der Waals surface area contributed by atoms with Crippen molar-refractivity contribution in [3.8, 4) is 17.6 Å². The van der Waals surface area contributed by atoms with Crippen molar-refractivity contribution in [3.63, 3.8) is 0 Å². The number of fused-ring (bicyclic) bond motifs is 1. The quantitative estimate of drug-likeness (QED) is 0.934. The summed E-state index contributed by atoms with van der Waals surface area (Å²) in [6.45, 7) is 1.30. The third-order valence-electron chi connectivity index (χ3n) is 3.32. The summed E-state index contributed by atoms with van der Waals surface area (Å²) in [6.07, 6.45) is 0.869. The predicted octanol–water partition coefficient (Wildman–Crippen LogP) is 3.52. The van der Waals surface area contributed by atoms with Crippen molar-refractivity contribution in [1.29, 1.82) is 5.26 Å². The third kappa shape index (κ3) is 3.09. The molecule has 0 fully saturated rings. The van der Waals surface area contributed by atoms with E-state index in [9.17, 15) is 5.26 Å². The zero-order valence-electron chi connectivity index (χ0n) is 11.6. The van der Waals surface area contributed by atoms with E-state index in [4.69, 9.17) is 9.47 Å². The third-order valence-corrected chi connectivity index (χ3v) is 3.32. The van der Waals surface area contributed by atoms with E-state index in [1.807, 2.05) is 48.5 Å². The molecule has 2 aromatic carbocycles. The zero-order chi connectivity index (χ0) is 14.5. The number of para-hydroxylation sites is 1. The Kier molecular flexibility index (Phi) is 3.92. The Morgan fingerprint density at radius 1 is 1.00 bits per heavy atom. The monoisotopic (exact) mass is 280 g/mol. The summed E-state index contributed by atoms with van der Waals surface area (Å²) in [6, 6.07) is 17.2. The van der Waals surface area contributed by atoms with Gasteiger partial charge in [0.1, 0.15) is 6.04 Å². The maximum atomic E-state index is 9.42. The summed E-state index contributed by atoms with van der Waals surface area (Å²) in [5, 5.41) is 12.6. The lowest BCUT2D eigenvalue weighted by molar-refractivity contribution is 0.297. The lowest BCUT2D eigenvalue weighted by Crippen LogP contribution is -2.08. The summed E-state index contributed by atoms with van der Waals surface area (Å²) < 4.78 is 11.3. The van der Waals surface area contributed by atoms with E-state index in [1.165, 1.54) is 0 Å². The first kappa shape index (κ1) is 13.3. The molecule has 1 aliphatic rings. The Hall–Kier alpha value is -2.67. The minimum Gasteiger partial charge on any atom is -0.490 e. The van der Waals surface area contributed by atoms with Crippen LogP contribution >= 0.6 is 0 Å². The molecule has 0 spiro atoms. The highest BCUT2D eigenvalue weighted by Gasteiger charge is 2.16. The molecule has 0 aromatic heterocycles. The number of nitrogens with zero attached hydrogens (tertiary/aromatic N) is 1. The number of anilines is 1. The first-order chi connectivity index (χ1) is 10.4. The molecule has 0 saturated carbocycles. The molecule has 1 N–H and O–H groups in total. The van der Waals surface area contributed by atoms with Crippen LogP contribution in [0.4, 0.5) is 5.69 Å². The lowest BCUT2D eigenvalue weighted by Gasteiger charge is -2.15. The number of ether oxygens (including phenoxy) is 2. The van der Waals surface area contributed by atoms with Crippen molar-refractivity contribution >= 4 is 5.69 Å². The van der Waals surface area contributed by atoms with E-state index >= 15 is 0 Å². The van der Waals surface area contributed by atoms with Gasteiger partial charge in [-0.2, -0.15) is 5.26 Å². The van der Waals surface area contributed by atoms with Gasteiger partial charge in [0.05, 0.1) is 19.3 Å². The second-order valence-electron chi connectivity index (χ2n) is 4.83.